The first-order chi connectivity index (χ1) is 8.69. The van der Waals surface area contributed by atoms with Crippen molar-refractivity contribution in [2.45, 2.75) is 45.1 Å². The van der Waals surface area contributed by atoms with Crippen LogP contribution in [-0.4, -0.2) is 7.05 Å². The van der Waals surface area contributed by atoms with Gasteiger partial charge in [0.2, 0.25) is 0 Å². The molecule has 1 nitrogen and oxygen atoms in total. The van der Waals surface area contributed by atoms with Crippen molar-refractivity contribution < 1.29 is 0 Å². The highest BCUT2D eigenvalue weighted by atomic mass is 35.5. The van der Waals surface area contributed by atoms with Crippen molar-refractivity contribution in [1.29, 1.82) is 0 Å². The molecule has 0 saturated carbocycles. The minimum Gasteiger partial charge on any atom is -0.313 e. The van der Waals surface area contributed by atoms with Crippen LogP contribution in [0.2, 0.25) is 5.02 Å². The summed E-state index contributed by atoms with van der Waals surface area (Å²) in [5.41, 5.74) is 2.43. The van der Waals surface area contributed by atoms with Crippen LogP contribution in [0.15, 0.2) is 30.9 Å². The van der Waals surface area contributed by atoms with Crippen LogP contribution < -0.4 is 5.32 Å². The molecule has 1 unspecified atom stereocenters. The van der Waals surface area contributed by atoms with Gasteiger partial charge in [-0.1, -0.05) is 42.7 Å². The van der Waals surface area contributed by atoms with E-state index >= 15 is 0 Å². The van der Waals surface area contributed by atoms with E-state index in [-0.39, 0.29) is 0 Å². The van der Waals surface area contributed by atoms with Crippen LogP contribution in [0, 0.1) is 6.92 Å². The van der Waals surface area contributed by atoms with Crippen molar-refractivity contribution in [2.75, 3.05) is 7.05 Å². The zero-order valence-electron chi connectivity index (χ0n) is 11.5. The zero-order valence-corrected chi connectivity index (χ0v) is 12.3. The molecule has 1 N–H and O–H groups in total. The fourth-order valence-electron chi connectivity index (χ4n) is 2.18. The van der Waals surface area contributed by atoms with Crippen LogP contribution in [0.4, 0.5) is 0 Å². The molecular formula is C16H24ClN. The fraction of sp³-hybridized carbons (Fsp3) is 0.500. The minimum absolute atomic E-state index is 0.363. The van der Waals surface area contributed by atoms with Crippen molar-refractivity contribution in [1.82, 2.24) is 5.32 Å². The van der Waals surface area contributed by atoms with Gasteiger partial charge in [-0.25, -0.2) is 0 Å². The molecular weight excluding hydrogens is 242 g/mol. The highest BCUT2D eigenvalue weighted by Gasteiger charge is 2.12. The standard InChI is InChI=1S/C16H24ClN/c1-4-5-6-7-8-9-16(18-3)14-11-10-13(2)12-15(14)17/h4,10-12,16,18H,1,5-9H2,2-3H3. The molecule has 0 spiro atoms. The van der Waals surface area contributed by atoms with Crippen LogP contribution >= 0.6 is 11.6 Å². The van der Waals surface area contributed by atoms with Crippen LogP contribution in [0.25, 0.3) is 0 Å². The lowest BCUT2D eigenvalue weighted by molar-refractivity contribution is 0.508. The van der Waals surface area contributed by atoms with Crippen LogP contribution in [-0.2, 0) is 0 Å². The second-order valence-corrected chi connectivity index (χ2v) is 5.20. The first kappa shape index (κ1) is 15.3. The highest BCUT2D eigenvalue weighted by Crippen LogP contribution is 2.27. The van der Waals surface area contributed by atoms with Crippen molar-refractivity contribution in [3.05, 3.63) is 47.0 Å². The molecule has 0 bridgehead atoms. The Hall–Kier alpha value is -0.790. The molecule has 1 aromatic rings. The number of nitrogens with one attached hydrogen (secondary N) is 1. The number of hydrogen-bond acceptors (Lipinski definition) is 1. The number of halogens is 1. The molecule has 1 aromatic carbocycles. The third kappa shape index (κ3) is 4.83. The Morgan fingerprint density at radius 1 is 1.33 bits per heavy atom. The minimum atomic E-state index is 0.363. The van der Waals surface area contributed by atoms with Gasteiger partial charge >= 0.3 is 0 Å². The molecule has 0 saturated heterocycles. The van der Waals surface area contributed by atoms with E-state index < -0.39 is 0 Å². The van der Waals surface area contributed by atoms with Gasteiger partial charge in [0.15, 0.2) is 0 Å². The van der Waals surface area contributed by atoms with E-state index in [1.54, 1.807) is 0 Å². The lowest BCUT2D eigenvalue weighted by Crippen LogP contribution is -2.16. The van der Waals surface area contributed by atoms with E-state index in [0.717, 1.165) is 17.9 Å². The summed E-state index contributed by atoms with van der Waals surface area (Å²) in [5, 5.41) is 4.24. The number of rotatable bonds is 8. The van der Waals surface area contributed by atoms with E-state index in [1.807, 2.05) is 19.2 Å². The molecule has 0 aliphatic heterocycles. The number of aryl methyl sites for hydroxylation is 1. The Labute approximate surface area is 116 Å². The molecule has 0 aliphatic carbocycles. The summed E-state index contributed by atoms with van der Waals surface area (Å²) in [4.78, 5) is 0. The van der Waals surface area contributed by atoms with Gasteiger partial charge in [0, 0.05) is 11.1 Å². The largest absolute Gasteiger partial charge is 0.313 e. The summed E-state index contributed by atoms with van der Waals surface area (Å²) in [6.45, 7) is 5.82. The average molecular weight is 266 g/mol. The smallest absolute Gasteiger partial charge is 0.0456 e. The second-order valence-electron chi connectivity index (χ2n) is 4.79. The zero-order chi connectivity index (χ0) is 13.4. The van der Waals surface area contributed by atoms with Crippen molar-refractivity contribution in [2.24, 2.45) is 0 Å². The maximum absolute atomic E-state index is 6.31. The molecule has 0 fully saturated rings. The van der Waals surface area contributed by atoms with Gasteiger partial charge in [-0.15, -0.1) is 6.58 Å². The first-order valence-electron chi connectivity index (χ1n) is 6.73. The van der Waals surface area contributed by atoms with Crippen molar-refractivity contribution in [3.8, 4) is 0 Å². The summed E-state index contributed by atoms with van der Waals surface area (Å²) in [7, 11) is 2.00. The maximum atomic E-state index is 6.31. The maximum Gasteiger partial charge on any atom is 0.0456 e. The SMILES string of the molecule is C=CCCCCCC(NC)c1ccc(C)cc1Cl. The Morgan fingerprint density at radius 3 is 2.72 bits per heavy atom. The third-order valence-corrected chi connectivity index (χ3v) is 3.61. The van der Waals surface area contributed by atoms with Crippen LogP contribution in [0.5, 0.6) is 0 Å². The van der Waals surface area contributed by atoms with E-state index in [4.69, 9.17) is 11.6 Å². The fourth-order valence-corrected chi connectivity index (χ4v) is 2.55. The molecule has 1 atom stereocenters. The van der Waals surface area contributed by atoms with E-state index in [0.29, 0.717) is 6.04 Å². The molecule has 100 valence electrons. The Balaban J connectivity index is 2.52. The van der Waals surface area contributed by atoms with Gasteiger partial charge in [0.1, 0.15) is 0 Å². The molecule has 0 radical (unpaired) electrons. The van der Waals surface area contributed by atoms with Gasteiger partial charge in [-0.3, -0.25) is 0 Å². The summed E-state index contributed by atoms with van der Waals surface area (Å²) in [6, 6.07) is 6.67. The summed E-state index contributed by atoms with van der Waals surface area (Å²) >= 11 is 6.31. The molecule has 1 rings (SSSR count). The van der Waals surface area contributed by atoms with Crippen molar-refractivity contribution in [3.63, 3.8) is 0 Å². The average Bonchev–Trinajstić information content (AvgIpc) is 2.35. The predicted octanol–water partition coefficient (Wildman–Crippen LogP) is 5.05. The van der Waals surface area contributed by atoms with Gasteiger partial charge in [-0.2, -0.15) is 0 Å². The van der Waals surface area contributed by atoms with E-state index in [2.05, 4.69) is 31.0 Å². The predicted molar refractivity (Wildman–Crippen MR) is 81.3 cm³/mol. The number of unbranched alkanes of at least 4 members (excludes halogenated alkanes) is 3. The topological polar surface area (TPSA) is 12.0 Å². The third-order valence-electron chi connectivity index (χ3n) is 3.28. The van der Waals surface area contributed by atoms with Crippen LogP contribution in [0.3, 0.4) is 0 Å². The highest BCUT2D eigenvalue weighted by molar-refractivity contribution is 6.31. The lowest BCUT2D eigenvalue weighted by Gasteiger charge is -2.18. The lowest BCUT2D eigenvalue weighted by atomic mass is 9.99. The Kier molecular flexibility index (Phi) is 7.07. The second kappa shape index (κ2) is 8.34. The summed E-state index contributed by atoms with van der Waals surface area (Å²) < 4.78 is 0. The molecule has 0 aromatic heterocycles. The first-order valence-corrected chi connectivity index (χ1v) is 7.11. The summed E-state index contributed by atoms with van der Waals surface area (Å²) in [5.74, 6) is 0. The molecule has 0 aliphatic rings. The monoisotopic (exact) mass is 265 g/mol. The number of benzene rings is 1. The number of allylic oxidation sites excluding steroid dienone is 1. The van der Waals surface area contributed by atoms with Crippen LogP contribution in [0.1, 0.15) is 49.3 Å². The quantitative estimate of drug-likeness (QED) is 0.513. The Bertz CT molecular complexity index is 373. The molecule has 0 amide bonds. The van der Waals surface area contributed by atoms with Gasteiger partial charge in [-0.05, 0) is 50.4 Å². The summed E-state index contributed by atoms with van der Waals surface area (Å²) in [6.07, 6.45) is 7.97. The van der Waals surface area contributed by atoms with Gasteiger partial charge in [0.05, 0.1) is 0 Å². The Morgan fingerprint density at radius 2 is 2.11 bits per heavy atom. The molecule has 2 heteroatoms. The normalized spacial score (nSPS) is 12.4. The van der Waals surface area contributed by atoms with E-state index in [1.165, 1.54) is 30.4 Å². The number of hydrogen-bond donors (Lipinski definition) is 1. The van der Waals surface area contributed by atoms with Gasteiger partial charge < -0.3 is 5.32 Å². The van der Waals surface area contributed by atoms with Gasteiger partial charge in [0.25, 0.3) is 0 Å². The molecule has 0 heterocycles. The van der Waals surface area contributed by atoms with Crippen molar-refractivity contribution >= 4 is 11.6 Å². The van der Waals surface area contributed by atoms with E-state index in [9.17, 15) is 0 Å². The molecule has 18 heavy (non-hydrogen) atoms.